The predicted molar refractivity (Wildman–Crippen MR) is 86.8 cm³/mol. The van der Waals surface area contributed by atoms with Crippen LogP contribution in [0.15, 0.2) is 60.8 Å². The maximum Gasteiger partial charge on any atom is 0.256 e. The third-order valence-corrected chi connectivity index (χ3v) is 3.39. The van der Waals surface area contributed by atoms with Crippen LogP contribution in [0.2, 0.25) is 0 Å². The minimum atomic E-state index is -0.334. The molecule has 0 aliphatic heterocycles. The van der Waals surface area contributed by atoms with Gasteiger partial charge in [-0.05, 0) is 35.9 Å². The van der Waals surface area contributed by atoms with Crippen LogP contribution in [0.1, 0.15) is 21.5 Å². The van der Waals surface area contributed by atoms with Gasteiger partial charge in [-0.1, -0.05) is 18.2 Å². The molecule has 118 valence electrons. The summed E-state index contributed by atoms with van der Waals surface area (Å²) in [5.74, 6) is -0.213. The fraction of sp³-hybridized carbons (Fsp3) is 0.0556. The van der Waals surface area contributed by atoms with E-state index in [-0.39, 0.29) is 11.7 Å². The number of nitriles is 1. The van der Waals surface area contributed by atoms with Crippen LogP contribution in [-0.4, -0.2) is 15.7 Å². The van der Waals surface area contributed by atoms with Gasteiger partial charge in [0.15, 0.2) is 5.82 Å². The van der Waals surface area contributed by atoms with Gasteiger partial charge in [0.1, 0.15) is 5.82 Å². The van der Waals surface area contributed by atoms with Crippen LogP contribution < -0.4 is 5.32 Å². The molecule has 1 aromatic heterocycles. The molecular weight excluding hydrogens is 307 g/mol. The van der Waals surface area contributed by atoms with Crippen molar-refractivity contribution in [3.05, 3.63) is 83.3 Å². The molecule has 0 aliphatic carbocycles. The molecular formula is C18H13FN4O. The van der Waals surface area contributed by atoms with E-state index >= 15 is 0 Å². The first-order valence-corrected chi connectivity index (χ1v) is 7.23. The van der Waals surface area contributed by atoms with Gasteiger partial charge in [0, 0.05) is 17.8 Å². The number of hydrogen-bond donors (Lipinski definition) is 1. The van der Waals surface area contributed by atoms with Crippen LogP contribution in [-0.2, 0) is 6.54 Å². The summed E-state index contributed by atoms with van der Waals surface area (Å²) in [6, 6.07) is 16.3. The average molecular weight is 320 g/mol. The topological polar surface area (TPSA) is 70.7 Å². The number of carbonyl (C=O) groups excluding carboxylic acids is 1. The molecule has 1 amide bonds. The van der Waals surface area contributed by atoms with Crippen LogP contribution in [0.25, 0.3) is 0 Å². The van der Waals surface area contributed by atoms with Gasteiger partial charge < -0.3 is 5.32 Å². The molecule has 0 spiro atoms. The highest BCUT2D eigenvalue weighted by atomic mass is 19.1. The molecule has 0 saturated carbocycles. The number of rotatable bonds is 4. The number of amides is 1. The minimum absolute atomic E-state index is 0.285. The lowest BCUT2D eigenvalue weighted by atomic mass is 10.1. The summed E-state index contributed by atoms with van der Waals surface area (Å²) >= 11 is 0. The van der Waals surface area contributed by atoms with Crippen molar-refractivity contribution in [1.82, 2.24) is 9.78 Å². The molecule has 2 aromatic carbocycles. The van der Waals surface area contributed by atoms with Crippen molar-refractivity contribution in [3.63, 3.8) is 0 Å². The normalized spacial score (nSPS) is 10.2. The van der Waals surface area contributed by atoms with Crippen molar-refractivity contribution in [2.75, 3.05) is 5.32 Å². The van der Waals surface area contributed by atoms with E-state index in [4.69, 9.17) is 5.26 Å². The van der Waals surface area contributed by atoms with Crippen LogP contribution in [0.4, 0.5) is 10.2 Å². The van der Waals surface area contributed by atoms with E-state index in [0.717, 1.165) is 5.56 Å². The molecule has 0 fully saturated rings. The summed E-state index contributed by atoms with van der Waals surface area (Å²) in [7, 11) is 0. The molecule has 24 heavy (non-hydrogen) atoms. The maximum absolute atomic E-state index is 12.9. The van der Waals surface area contributed by atoms with Gasteiger partial charge in [0.2, 0.25) is 0 Å². The van der Waals surface area contributed by atoms with Crippen molar-refractivity contribution >= 4 is 11.7 Å². The summed E-state index contributed by atoms with van der Waals surface area (Å²) in [4.78, 5) is 12.2. The minimum Gasteiger partial charge on any atom is -0.305 e. The van der Waals surface area contributed by atoms with Gasteiger partial charge in [-0.25, -0.2) is 4.39 Å². The molecule has 3 aromatic rings. The molecule has 1 heterocycles. The summed E-state index contributed by atoms with van der Waals surface area (Å²) < 4.78 is 14.5. The number of halogens is 1. The van der Waals surface area contributed by atoms with Crippen LogP contribution in [0.5, 0.6) is 0 Å². The van der Waals surface area contributed by atoms with Gasteiger partial charge in [-0.2, -0.15) is 10.4 Å². The highest BCUT2D eigenvalue weighted by Gasteiger charge is 2.09. The average Bonchev–Trinajstić information content (AvgIpc) is 3.04. The molecule has 0 radical (unpaired) electrons. The molecule has 0 aliphatic rings. The van der Waals surface area contributed by atoms with Gasteiger partial charge in [-0.15, -0.1) is 0 Å². The lowest BCUT2D eigenvalue weighted by molar-refractivity contribution is 0.102. The SMILES string of the molecule is N#Cc1cccc(C(=O)Nc2ccn(Cc3ccc(F)cc3)n2)c1. The number of carbonyl (C=O) groups is 1. The summed E-state index contributed by atoms with van der Waals surface area (Å²) in [5, 5.41) is 15.8. The number of benzene rings is 2. The second kappa shape index (κ2) is 6.75. The zero-order chi connectivity index (χ0) is 16.9. The van der Waals surface area contributed by atoms with Gasteiger partial charge >= 0.3 is 0 Å². The number of aromatic nitrogens is 2. The number of anilines is 1. The van der Waals surface area contributed by atoms with E-state index in [1.54, 1.807) is 47.3 Å². The van der Waals surface area contributed by atoms with Crippen molar-refractivity contribution < 1.29 is 9.18 Å². The maximum atomic E-state index is 12.9. The van der Waals surface area contributed by atoms with Crippen LogP contribution in [0.3, 0.4) is 0 Å². The number of hydrogen-bond acceptors (Lipinski definition) is 3. The number of nitrogens with zero attached hydrogens (tertiary/aromatic N) is 3. The van der Waals surface area contributed by atoms with Gasteiger partial charge in [0.25, 0.3) is 5.91 Å². The molecule has 0 atom stereocenters. The summed E-state index contributed by atoms with van der Waals surface area (Å²) in [6.07, 6.45) is 1.73. The lowest BCUT2D eigenvalue weighted by Gasteiger charge is -2.03. The quantitative estimate of drug-likeness (QED) is 0.802. The Morgan fingerprint density at radius 3 is 2.75 bits per heavy atom. The predicted octanol–water partition coefficient (Wildman–Crippen LogP) is 3.19. The van der Waals surface area contributed by atoms with E-state index in [9.17, 15) is 9.18 Å². The first-order valence-electron chi connectivity index (χ1n) is 7.23. The second-order valence-electron chi connectivity index (χ2n) is 5.17. The standard InChI is InChI=1S/C18H13FN4O/c19-16-6-4-13(5-7-16)12-23-9-8-17(22-23)21-18(24)15-3-1-2-14(10-15)11-20/h1-10H,12H2,(H,21,22,24). The highest BCUT2D eigenvalue weighted by molar-refractivity contribution is 6.03. The third-order valence-electron chi connectivity index (χ3n) is 3.39. The van der Waals surface area contributed by atoms with Crippen molar-refractivity contribution in [1.29, 1.82) is 5.26 Å². The van der Waals surface area contributed by atoms with Crippen molar-refractivity contribution in [2.45, 2.75) is 6.54 Å². The van der Waals surface area contributed by atoms with Gasteiger partial charge in [0.05, 0.1) is 18.2 Å². The molecule has 3 rings (SSSR count). The Kier molecular flexibility index (Phi) is 4.34. The Balaban J connectivity index is 1.68. The fourth-order valence-corrected chi connectivity index (χ4v) is 2.21. The molecule has 0 bridgehead atoms. The van der Waals surface area contributed by atoms with E-state index in [2.05, 4.69) is 10.4 Å². The third kappa shape index (κ3) is 3.65. The Morgan fingerprint density at radius 2 is 2.00 bits per heavy atom. The fourth-order valence-electron chi connectivity index (χ4n) is 2.21. The summed E-state index contributed by atoms with van der Waals surface area (Å²) in [6.45, 7) is 0.472. The Morgan fingerprint density at radius 1 is 1.21 bits per heavy atom. The van der Waals surface area contributed by atoms with Gasteiger partial charge in [-0.3, -0.25) is 9.48 Å². The molecule has 0 unspecified atom stereocenters. The zero-order valence-corrected chi connectivity index (χ0v) is 12.6. The Labute approximate surface area is 138 Å². The zero-order valence-electron chi connectivity index (χ0n) is 12.6. The molecule has 0 saturated heterocycles. The molecule has 5 nitrogen and oxygen atoms in total. The highest BCUT2D eigenvalue weighted by Crippen LogP contribution is 2.10. The first-order chi connectivity index (χ1) is 11.6. The van der Waals surface area contributed by atoms with Crippen LogP contribution in [0, 0.1) is 17.1 Å². The van der Waals surface area contributed by atoms with Crippen molar-refractivity contribution in [2.24, 2.45) is 0 Å². The Hall–Kier alpha value is -3.46. The number of nitrogens with one attached hydrogen (secondary N) is 1. The van der Waals surface area contributed by atoms with E-state index in [1.165, 1.54) is 18.2 Å². The smallest absolute Gasteiger partial charge is 0.256 e. The van der Waals surface area contributed by atoms with E-state index in [1.807, 2.05) is 6.07 Å². The van der Waals surface area contributed by atoms with E-state index < -0.39 is 0 Å². The molecule has 6 heteroatoms. The van der Waals surface area contributed by atoms with Crippen molar-refractivity contribution in [3.8, 4) is 6.07 Å². The lowest BCUT2D eigenvalue weighted by Crippen LogP contribution is -2.13. The monoisotopic (exact) mass is 320 g/mol. The van der Waals surface area contributed by atoms with E-state index in [0.29, 0.717) is 23.5 Å². The largest absolute Gasteiger partial charge is 0.305 e. The summed E-state index contributed by atoms with van der Waals surface area (Å²) in [5.41, 5.74) is 1.71. The second-order valence-corrected chi connectivity index (χ2v) is 5.17. The van der Waals surface area contributed by atoms with Crippen LogP contribution >= 0.6 is 0 Å². The Bertz CT molecular complexity index is 909. The first kappa shape index (κ1) is 15.4. The molecule has 1 N–H and O–H groups in total.